The largest absolute Gasteiger partial charge is 0.462 e. The highest BCUT2D eigenvalue weighted by Crippen LogP contribution is 2.22. The van der Waals surface area contributed by atoms with Crippen molar-refractivity contribution >= 4 is 32.7 Å². The van der Waals surface area contributed by atoms with Crippen LogP contribution in [-0.2, 0) is 21.3 Å². The highest BCUT2D eigenvalue weighted by atomic mass is 32.2. The summed E-state index contributed by atoms with van der Waals surface area (Å²) in [5, 5.41) is 14.2. The fourth-order valence-corrected chi connectivity index (χ4v) is 5.26. The molecule has 10 heteroatoms. The number of hydrogen-bond donors (Lipinski definition) is 3. The van der Waals surface area contributed by atoms with E-state index in [0.29, 0.717) is 30.0 Å². The number of esters is 1. The average molecular weight is 551 g/mol. The first-order valence-corrected chi connectivity index (χ1v) is 14.3. The van der Waals surface area contributed by atoms with Crippen LogP contribution in [0.5, 0.6) is 0 Å². The minimum atomic E-state index is -3.72. The molecule has 1 atom stereocenters. The third-order valence-corrected chi connectivity index (χ3v) is 7.86. The van der Waals surface area contributed by atoms with E-state index in [1.54, 1.807) is 67.8 Å². The van der Waals surface area contributed by atoms with Crippen LogP contribution in [0.1, 0.15) is 49.2 Å². The maximum absolute atomic E-state index is 12.7. The first-order chi connectivity index (χ1) is 18.6. The molecule has 9 nitrogen and oxygen atoms in total. The van der Waals surface area contributed by atoms with Gasteiger partial charge in [0.1, 0.15) is 0 Å². The molecule has 0 aliphatic heterocycles. The summed E-state index contributed by atoms with van der Waals surface area (Å²) in [7, 11) is -3.72. The summed E-state index contributed by atoms with van der Waals surface area (Å²) in [6, 6.07) is 20.3. The van der Waals surface area contributed by atoms with Crippen LogP contribution in [0.3, 0.4) is 0 Å². The SMILES string of the molecule is CCOC(=O)c1ccc2c(c1)ncn2CCC(C)(C)NC[C@H](O)c1cccc(NS(=O)(=O)c2ccccc2)c1. The number of β-amino-alcohol motifs (C(OH)–C–C–N with tert-alkyl or cyclic N) is 1. The molecule has 3 N–H and O–H groups in total. The second-order valence-electron chi connectivity index (χ2n) is 9.94. The second-order valence-corrected chi connectivity index (χ2v) is 11.6. The Hall–Kier alpha value is -3.73. The smallest absolute Gasteiger partial charge is 0.338 e. The molecule has 1 heterocycles. The molecule has 1 aromatic heterocycles. The topological polar surface area (TPSA) is 123 Å². The molecule has 39 heavy (non-hydrogen) atoms. The van der Waals surface area contributed by atoms with E-state index in [9.17, 15) is 18.3 Å². The van der Waals surface area contributed by atoms with Crippen molar-refractivity contribution in [3.63, 3.8) is 0 Å². The molecule has 0 spiro atoms. The zero-order valence-corrected chi connectivity index (χ0v) is 23.1. The van der Waals surface area contributed by atoms with Gasteiger partial charge in [-0.1, -0.05) is 30.3 Å². The van der Waals surface area contributed by atoms with Gasteiger partial charge in [-0.3, -0.25) is 4.72 Å². The van der Waals surface area contributed by atoms with Crippen molar-refractivity contribution in [3.05, 3.63) is 90.3 Å². The van der Waals surface area contributed by atoms with E-state index < -0.39 is 16.1 Å². The first kappa shape index (κ1) is 28.3. The molecule has 0 aliphatic rings. The highest BCUT2D eigenvalue weighted by molar-refractivity contribution is 7.92. The zero-order valence-electron chi connectivity index (χ0n) is 22.3. The molecule has 0 fully saturated rings. The van der Waals surface area contributed by atoms with Crippen LogP contribution in [0.4, 0.5) is 5.69 Å². The van der Waals surface area contributed by atoms with Crippen LogP contribution in [0.2, 0.25) is 0 Å². The predicted molar refractivity (Wildman–Crippen MR) is 151 cm³/mol. The van der Waals surface area contributed by atoms with Crippen LogP contribution in [0.25, 0.3) is 11.0 Å². The Bertz CT molecular complexity index is 1530. The number of ether oxygens (including phenoxy) is 1. The van der Waals surface area contributed by atoms with E-state index in [4.69, 9.17) is 4.74 Å². The Labute approximate surface area is 228 Å². The van der Waals surface area contributed by atoms with Gasteiger partial charge in [-0.15, -0.1) is 0 Å². The maximum atomic E-state index is 12.7. The third-order valence-electron chi connectivity index (χ3n) is 6.46. The average Bonchev–Trinajstić information content (AvgIpc) is 3.33. The highest BCUT2D eigenvalue weighted by Gasteiger charge is 2.21. The van der Waals surface area contributed by atoms with Gasteiger partial charge in [-0.05, 0) is 75.2 Å². The van der Waals surface area contributed by atoms with Crippen molar-refractivity contribution in [2.75, 3.05) is 17.9 Å². The summed E-state index contributed by atoms with van der Waals surface area (Å²) in [6.45, 7) is 7.18. The van der Waals surface area contributed by atoms with Crippen LogP contribution in [0.15, 0.2) is 84.0 Å². The molecular weight excluding hydrogens is 516 g/mol. The number of carbonyl (C=O) groups is 1. The van der Waals surface area contributed by atoms with Crippen LogP contribution < -0.4 is 10.0 Å². The molecule has 0 radical (unpaired) electrons. The summed E-state index contributed by atoms with van der Waals surface area (Å²) in [4.78, 5) is 16.6. The molecule has 206 valence electrons. The quantitative estimate of drug-likeness (QED) is 0.222. The lowest BCUT2D eigenvalue weighted by molar-refractivity contribution is 0.0526. The van der Waals surface area contributed by atoms with E-state index in [2.05, 4.69) is 28.9 Å². The van der Waals surface area contributed by atoms with Crippen molar-refractivity contribution in [2.24, 2.45) is 0 Å². The van der Waals surface area contributed by atoms with E-state index in [-0.39, 0.29) is 22.9 Å². The number of nitrogens with zero attached hydrogens (tertiary/aromatic N) is 2. The van der Waals surface area contributed by atoms with Gasteiger partial charge in [0, 0.05) is 24.3 Å². The molecule has 0 unspecified atom stereocenters. The fraction of sp³-hybridized carbons (Fsp3) is 0.310. The molecule has 3 aromatic carbocycles. The monoisotopic (exact) mass is 550 g/mol. The number of sulfonamides is 1. The standard InChI is InChI=1S/C29H34N4O5S/c1-4-38-28(35)22-13-14-26-25(18-22)30-20-33(26)16-15-29(2,3)31-19-27(34)21-9-8-10-23(17-21)32-39(36,37)24-11-6-5-7-12-24/h5-14,17-18,20,27,31-32,34H,4,15-16,19H2,1-3H3/t27-/m0/s1. The van der Waals surface area contributed by atoms with Gasteiger partial charge in [0.2, 0.25) is 0 Å². The molecule has 0 saturated carbocycles. The lowest BCUT2D eigenvalue weighted by Gasteiger charge is -2.28. The van der Waals surface area contributed by atoms with E-state index >= 15 is 0 Å². The van der Waals surface area contributed by atoms with Crippen LogP contribution in [-0.4, -0.2) is 47.7 Å². The van der Waals surface area contributed by atoms with Gasteiger partial charge in [-0.25, -0.2) is 18.2 Å². The van der Waals surface area contributed by atoms with Gasteiger partial charge in [0.25, 0.3) is 10.0 Å². The van der Waals surface area contributed by atoms with E-state index in [1.807, 2.05) is 10.6 Å². The van der Waals surface area contributed by atoms with Crippen LogP contribution in [0, 0.1) is 0 Å². The lowest BCUT2D eigenvalue weighted by atomic mass is 9.99. The zero-order chi connectivity index (χ0) is 28.0. The third kappa shape index (κ3) is 7.23. The number of anilines is 1. The summed E-state index contributed by atoms with van der Waals surface area (Å²) in [5.41, 5.74) is 2.80. The number of hydrogen-bond acceptors (Lipinski definition) is 7. The number of aromatic nitrogens is 2. The first-order valence-electron chi connectivity index (χ1n) is 12.8. The summed E-state index contributed by atoms with van der Waals surface area (Å²) >= 11 is 0. The summed E-state index contributed by atoms with van der Waals surface area (Å²) in [6.07, 6.45) is 1.68. The molecule has 0 amide bonds. The van der Waals surface area contributed by atoms with Crippen LogP contribution >= 0.6 is 0 Å². The van der Waals surface area contributed by atoms with Gasteiger partial charge in [0.15, 0.2) is 0 Å². The Morgan fingerprint density at radius 1 is 1.08 bits per heavy atom. The van der Waals surface area contributed by atoms with Crippen molar-refractivity contribution in [3.8, 4) is 0 Å². The van der Waals surface area contributed by atoms with Gasteiger partial charge < -0.3 is 19.7 Å². The van der Waals surface area contributed by atoms with Crippen molar-refractivity contribution in [1.29, 1.82) is 0 Å². The molecule has 0 bridgehead atoms. The Kier molecular flexibility index (Phi) is 8.69. The van der Waals surface area contributed by atoms with Crippen molar-refractivity contribution < 1.29 is 23.1 Å². The number of nitrogens with one attached hydrogen (secondary N) is 2. The molecule has 4 rings (SSSR count). The van der Waals surface area contributed by atoms with Gasteiger partial charge >= 0.3 is 5.97 Å². The number of rotatable bonds is 12. The summed E-state index contributed by atoms with van der Waals surface area (Å²) < 4.78 is 35.0. The Morgan fingerprint density at radius 2 is 1.85 bits per heavy atom. The number of benzene rings is 3. The number of fused-ring (bicyclic) bond motifs is 1. The van der Waals surface area contributed by atoms with Gasteiger partial charge in [-0.2, -0.15) is 0 Å². The molecule has 4 aromatic rings. The minimum absolute atomic E-state index is 0.171. The number of imidazole rings is 1. The lowest BCUT2D eigenvalue weighted by Crippen LogP contribution is -2.42. The maximum Gasteiger partial charge on any atom is 0.338 e. The van der Waals surface area contributed by atoms with Gasteiger partial charge in [0.05, 0.1) is 40.5 Å². The molecular formula is C29H34N4O5S. The fourth-order valence-electron chi connectivity index (χ4n) is 4.19. The Morgan fingerprint density at radius 3 is 2.59 bits per heavy atom. The second kappa shape index (κ2) is 12.0. The number of aryl methyl sites for hydroxylation is 1. The minimum Gasteiger partial charge on any atom is -0.462 e. The molecule has 0 saturated heterocycles. The molecule has 0 aliphatic carbocycles. The number of aliphatic hydroxyl groups excluding tert-OH is 1. The van der Waals surface area contributed by atoms with E-state index in [0.717, 1.165) is 17.5 Å². The van der Waals surface area contributed by atoms with E-state index in [1.165, 1.54) is 12.1 Å². The number of aliphatic hydroxyl groups is 1. The predicted octanol–water partition coefficient (Wildman–Crippen LogP) is 4.51. The summed E-state index contributed by atoms with van der Waals surface area (Å²) in [5.74, 6) is -0.364. The normalized spacial score (nSPS) is 12.8. The van der Waals surface area contributed by atoms with Crippen molar-refractivity contribution in [1.82, 2.24) is 14.9 Å². The Balaban J connectivity index is 1.34. The van der Waals surface area contributed by atoms with Crippen molar-refractivity contribution in [2.45, 2.75) is 50.3 Å². The number of carbonyl (C=O) groups excluding carboxylic acids is 1.